The number of benzene rings is 2. The van der Waals surface area contributed by atoms with Gasteiger partial charge in [-0.1, -0.05) is 43.3 Å². The Morgan fingerprint density at radius 2 is 1.79 bits per heavy atom. The maximum Gasteiger partial charge on any atom is 0.0503 e. The van der Waals surface area contributed by atoms with Gasteiger partial charge in [-0.05, 0) is 64.3 Å². The summed E-state index contributed by atoms with van der Waals surface area (Å²) in [6.45, 7) is 2.18. The highest BCUT2D eigenvalue weighted by Crippen LogP contribution is 2.22. The lowest BCUT2D eigenvalue weighted by molar-refractivity contribution is 0.548. The maximum atomic E-state index is 5.75. The molecule has 0 bridgehead atoms. The number of hydrogen-bond donors (Lipinski definition) is 2. The van der Waals surface area contributed by atoms with Crippen molar-refractivity contribution in [2.45, 2.75) is 25.8 Å². The molecule has 0 aliphatic rings. The molecular formula is C16H19IN2. The van der Waals surface area contributed by atoms with E-state index in [1.807, 2.05) is 0 Å². The van der Waals surface area contributed by atoms with Gasteiger partial charge in [0.25, 0.3) is 0 Å². The fourth-order valence-electron chi connectivity index (χ4n) is 2.31. The molecule has 0 radical (unpaired) electrons. The van der Waals surface area contributed by atoms with Gasteiger partial charge in [-0.3, -0.25) is 11.3 Å². The molecule has 1 unspecified atom stereocenters. The minimum atomic E-state index is 0.163. The summed E-state index contributed by atoms with van der Waals surface area (Å²) in [4.78, 5) is 0. The molecule has 0 amide bonds. The highest BCUT2D eigenvalue weighted by Gasteiger charge is 2.13. The molecule has 0 aliphatic carbocycles. The van der Waals surface area contributed by atoms with Crippen molar-refractivity contribution in [3.63, 3.8) is 0 Å². The van der Waals surface area contributed by atoms with E-state index in [1.54, 1.807) is 0 Å². The number of nitrogens with two attached hydrogens (primary N) is 1. The summed E-state index contributed by atoms with van der Waals surface area (Å²) in [6.07, 6.45) is 1.94. The predicted octanol–water partition coefficient (Wildman–Crippen LogP) is 3.60. The second-order valence-electron chi connectivity index (χ2n) is 4.60. The van der Waals surface area contributed by atoms with Crippen LogP contribution in [0.1, 0.15) is 29.7 Å². The molecule has 0 saturated carbocycles. The monoisotopic (exact) mass is 366 g/mol. The van der Waals surface area contributed by atoms with E-state index in [0.29, 0.717) is 0 Å². The molecule has 0 heterocycles. The number of aryl methyl sites for hydroxylation is 1. The van der Waals surface area contributed by atoms with E-state index in [2.05, 4.69) is 83.5 Å². The van der Waals surface area contributed by atoms with Gasteiger partial charge in [0.15, 0.2) is 0 Å². The summed E-state index contributed by atoms with van der Waals surface area (Å²) in [7, 11) is 0. The van der Waals surface area contributed by atoms with Gasteiger partial charge in [-0.15, -0.1) is 0 Å². The molecule has 100 valence electrons. The van der Waals surface area contributed by atoms with Crippen LogP contribution in [0.25, 0.3) is 0 Å². The van der Waals surface area contributed by atoms with E-state index in [9.17, 15) is 0 Å². The highest BCUT2D eigenvalue weighted by atomic mass is 127. The van der Waals surface area contributed by atoms with Gasteiger partial charge in [0, 0.05) is 3.57 Å². The average Bonchev–Trinajstić information content (AvgIpc) is 2.46. The van der Waals surface area contributed by atoms with Crippen molar-refractivity contribution in [3.05, 3.63) is 68.8 Å². The Balaban J connectivity index is 2.22. The fraction of sp³-hybridized carbons (Fsp3) is 0.250. The van der Waals surface area contributed by atoms with Crippen molar-refractivity contribution < 1.29 is 0 Å². The predicted molar refractivity (Wildman–Crippen MR) is 88.7 cm³/mol. The van der Waals surface area contributed by atoms with Crippen molar-refractivity contribution >= 4 is 22.6 Å². The summed E-state index contributed by atoms with van der Waals surface area (Å²) in [5, 5.41) is 0. The van der Waals surface area contributed by atoms with Gasteiger partial charge in [0.2, 0.25) is 0 Å². The van der Waals surface area contributed by atoms with E-state index in [-0.39, 0.29) is 6.04 Å². The molecule has 2 aromatic carbocycles. The van der Waals surface area contributed by atoms with Gasteiger partial charge < -0.3 is 0 Å². The third-order valence-electron chi connectivity index (χ3n) is 3.37. The number of hydrazine groups is 1. The van der Waals surface area contributed by atoms with E-state index in [0.717, 1.165) is 12.8 Å². The molecule has 3 heteroatoms. The normalized spacial score (nSPS) is 12.4. The van der Waals surface area contributed by atoms with Crippen molar-refractivity contribution in [2.75, 3.05) is 0 Å². The Hall–Kier alpha value is -0.910. The van der Waals surface area contributed by atoms with E-state index in [4.69, 9.17) is 5.84 Å². The first-order chi connectivity index (χ1) is 9.24. The first kappa shape index (κ1) is 14.5. The van der Waals surface area contributed by atoms with Crippen LogP contribution in [0.3, 0.4) is 0 Å². The molecule has 19 heavy (non-hydrogen) atoms. The number of hydrogen-bond acceptors (Lipinski definition) is 2. The maximum absolute atomic E-state index is 5.75. The molecule has 2 rings (SSSR count). The average molecular weight is 366 g/mol. The Labute approximate surface area is 128 Å². The number of nitrogens with one attached hydrogen (secondary N) is 1. The summed E-state index contributed by atoms with van der Waals surface area (Å²) in [5.74, 6) is 5.75. The minimum absolute atomic E-state index is 0.163. The zero-order chi connectivity index (χ0) is 13.7. The van der Waals surface area contributed by atoms with Crippen LogP contribution in [-0.4, -0.2) is 0 Å². The third-order valence-corrected chi connectivity index (χ3v) is 4.08. The molecule has 0 spiro atoms. The van der Waals surface area contributed by atoms with Crippen LogP contribution in [0.4, 0.5) is 0 Å². The van der Waals surface area contributed by atoms with Gasteiger partial charge >= 0.3 is 0 Å². The molecule has 2 aromatic rings. The third kappa shape index (κ3) is 3.78. The van der Waals surface area contributed by atoms with Crippen molar-refractivity contribution in [1.29, 1.82) is 0 Å². The van der Waals surface area contributed by atoms with Gasteiger partial charge in [-0.25, -0.2) is 0 Å². The van der Waals surface area contributed by atoms with Crippen LogP contribution in [0.15, 0.2) is 48.5 Å². The van der Waals surface area contributed by atoms with Crippen LogP contribution >= 0.6 is 22.6 Å². The van der Waals surface area contributed by atoms with Crippen LogP contribution in [-0.2, 0) is 12.8 Å². The number of halogens is 1. The number of rotatable bonds is 5. The first-order valence-electron chi connectivity index (χ1n) is 6.53. The molecule has 0 aliphatic heterocycles. The standard InChI is InChI=1S/C16H19IN2/c1-2-13-5-3-4-6-15(13)16(19-18)11-12-7-9-14(17)10-8-12/h3-10,16,19H,2,11,18H2,1H3. The lowest BCUT2D eigenvalue weighted by Crippen LogP contribution is -2.30. The van der Waals surface area contributed by atoms with Gasteiger partial charge in [0.1, 0.15) is 0 Å². The summed E-state index contributed by atoms with van der Waals surface area (Å²) >= 11 is 2.32. The van der Waals surface area contributed by atoms with Crippen LogP contribution in [0.5, 0.6) is 0 Å². The Bertz CT molecular complexity index is 523. The molecule has 2 nitrogen and oxygen atoms in total. The Morgan fingerprint density at radius 3 is 2.42 bits per heavy atom. The highest BCUT2D eigenvalue weighted by molar-refractivity contribution is 14.1. The second kappa shape index (κ2) is 7.03. The quantitative estimate of drug-likeness (QED) is 0.482. The summed E-state index contributed by atoms with van der Waals surface area (Å²) in [6, 6.07) is 17.3. The lowest BCUT2D eigenvalue weighted by Gasteiger charge is -2.19. The second-order valence-corrected chi connectivity index (χ2v) is 5.85. The smallest absolute Gasteiger partial charge is 0.0503 e. The summed E-state index contributed by atoms with van der Waals surface area (Å²) in [5.41, 5.74) is 6.91. The lowest BCUT2D eigenvalue weighted by atomic mass is 9.94. The first-order valence-corrected chi connectivity index (χ1v) is 7.60. The fourth-order valence-corrected chi connectivity index (χ4v) is 2.67. The van der Waals surface area contributed by atoms with E-state index in [1.165, 1.54) is 20.3 Å². The van der Waals surface area contributed by atoms with Crippen LogP contribution < -0.4 is 11.3 Å². The zero-order valence-electron chi connectivity index (χ0n) is 11.1. The molecule has 1 atom stereocenters. The SMILES string of the molecule is CCc1ccccc1C(Cc1ccc(I)cc1)NN. The topological polar surface area (TPSA) is 38.0 Å². The Morgan fingerprint density at radius 1 is 1.11 bits per heavy atom. The Kier molecular flexibility index (Phi) is 5.36. The van der Waals surface area contributed by atoms with Gasteiger partial charge in [0.05, 0.1) is 6.04 Å². The van der Waals surface area contributed by atoms with E-state index < -0.39 is 0 Å². The van der Waals surface area contributed by atoms with Crippen molar-refractivity contribution in [2.24, 2.45) is 5.84 Å². The van der Waals surface area contributed by atoms with Crippen LogP contribution in [0, 0.1) is 3.57 Å². The molecule has 3 N–H and O–H groups in total. The van der Waals surface area contributed by atoms with Crippen molar-refractivity contribution in [3.8, 4) is 0 Å². The van der Waals surface area contributed by atoms with Crippen molar-refractivity contribution in [1.82, 2.24) is 5.43 Å². The molecule has 0 fully saturated rings. The molecule has 0 saturated heterocycles. The summed E-state index contributed by atoms with van der Waals surface area (Å²) < 4.78 is 1.26. The minimum Gasteiger partial charge on any atom is -0.271 e. The molecular weight excluding hydrogens is 347 g/mol. The molecule has 0 aromatic heterocycles. The zero-order valence-corrected chi connectivity index (χ0v) is 13.2. The largest absolute Gasteiger partial charge is 0.271 e. The van der Waals surface area contributed by atoms with Gasteiger partial charge in [-0.2, -0.15) is 0 Å². The van der Waals surface area contributed by atoms with E-state index >= 15 is 0 Å². The van der Waals surface area contributed by atoms with Crippen LogP contribution in [0.2, 0.25) is 0 Å².